The van der Waals surface area contributed by atoms with Crippen LogP contribution in [0.4, 0.5) is 0 Å². The van der Waals surface area contributed by atoms with E-state index in [2.05, 4.69) is 15.9 Å². The van der Waals surface area contributed by atoms with Gasteiger partial charge in [0, 0.05) is 10.0 Å². The molecule has 2 N–H and O–H groups in total. The van der Waals surface area contributed by atoms with Gasteiger partial charge in [-0.2, -0.15) is 0 Å². The van der Waals surface area contributed by atoms with Crippen LogP contribution in [0.2, 0.25) is 0 Å². The first-order valence-corrected chi connectivity index (χ1v) is 6.86. The van der Waals surface area contributed by atoms with E-state index in [0.717, 1.165) is 21.5 Å². The van der Waals surface area contributed by atoms with Crippen LogP contribution in [0.15, 0.2) is 53.0 Å². The van der Waals surface area contributed by atoms with Crippen molar-refractivity contribution in [1.29, 1.82) is 0 Å². The van der Waals surface area contributed by atoms with Gasteiger partial charge in [0.2, 0.25) is 0 Å². The Balaban J connectivity index is 0.00000147. The lowest BCUT2D eigenvalue weighted by atomic mass is 9.88. The maximum Gasteiger partial charge on any atom is 0.133 e. The fraction of sp³-hybridized carbons (Fsp3) is 0.200. The summed E-state index contributed by atoms with van der Waals surface area (Å²) in [5, 5.41) is 0. The van der Waals surface area contributed by atoms with Crippen LogP contribution in [0.25, 0.3) is 0 Å². The van der Waals surface area contributed by atoms with E-state index in [1.54, 1.807) is 0 Å². The molecule has 5 heteroatoms. The molecular weight excluding hydrogens is 342 g/mol. The summed E-state index contributed by atoms with van der Waals surface area (Å²) in [6.07, 6.45) is 0. The van der Waals surface area contributed by atoms with Gasteiger partial charge in [-0.3, -0.25) is 0 Å². The van der Waals surface area contributed by atoms with Gasteiger partial charge in [0.15, 0.2) is 0 Å². The third-order valence-electron chi connectivity index (χ3n) is 3.17. The van der Waals surface area contributed by atoms with Crippen LogP contribution in [-0.2, 0) is 10.3 Å². The van der Waals surface area contributed by atoms with Gasteiger partial charge >= 0.3 is 0 Å². The van der Waals surface area contributed by atoms with E-state index in [1.807, 2.05) is 48.5 Å². The van der Waals surface area contributed by atoms with Crippen LogP contribution in [0.1, 0.15) is 5.56 Å². The van der Waals surface area contributed by atoms with Gasteiger partial charge < -0.3 is 15.2 Å². The van der Waals surface area contributed by atoms with Gasteiger partial charge in [-0.25, -0.2) is 0 Å². The second-order valence-corrected chi connectivity index (χ2v) is 5.62. The summed E-state index contributed by atoms with van der Waals surface area (Å²) >= 11 is 3.46. The quantitative estimate of drug-likeness (QED) is 0.908. The van der Waals surface area contributed by atoms with Crippen molar-refractivity contribution in [3.8, 4) is 11.5 Å². The van der Waals surface area contributed by atoms with Gasteiger partial charge in [-0.15, -0.1) is 12.4 Å². The Labute approximate surface area is 132 Å². The summed E-state index contributed by atoms with van der Waals surface area (Å²) in [7, 11) is 0. The first-order chi connectivity index (χ1) is 9.17. The Morgan fingerprint density at radius 2 is 1.80 bits per heavy atom. The molecule has 1 saturated heterocycles. The highest BCUT2D eigenvalue weighted by Crippen LogP contribution is 2.37. The number of benzene rings is 2. The molecule has 0 saturated carbocycles. The second-order valence-electron chi connectivity index (χ2n) is 4.70. The Bertz CT molecular complexity index is 588. The standard InChI is InChI=1S/C15H14BrNO2.ClH/c16-11-6-7-13(15(17)9-18-10-15)14(8-11)19-12-4-2-1-3-5-12;/h1-8H,9-10,17H2;1H. The number of para-hydroxylation sites is 1. The Hall–Kier alpha value is -1.07. The highest BCUT2D eigenvalue weighted by atomic mass is 79.9. The molecule has 106 valence electrons. The third-order valence-corrected chi connectivity index (χ3v) is 3.66. The number of nitrogens with two attached hydrogens (primary N) is 1. The topological polar surface area (TPSA) is 44.5 Å². The first kappa shape index (κ1) is 15.3. The van der Waals surface area contributed by atoms with Crippen LogP contribution >= 0.6 is 28.3 Å². The summed E-state index contributed by atoms with van der Waals surface area (Å²) in [5.74, 6) is 1.57. The van der Waals surface area contributed by atoms with Crippen molar-refractivity contribution >= 4 is 28.3 Å². The fourth-order valence-electron chi connectivity index (χ4n) is 2.08. The molecule has 1 heterocycles. The molecular formula is C15H15BrClNO2. The van der Waals surface area contributed by atoms with E-state index in [4.69, 9.17) is 15.2 Å². The first-order valence-electron chi connectivity index (χ1n) is 6.07. The number of hydrogen-bond acceptors (Lipinski definition) is 3. The highest BCUT2D eigenvalue weighted by molar-refractivity contribution is 9.10. The fourth-order valence-corrected chi connectivity index (χ4v) is 2.43. The van der Waals surface area contributed by atoms with E-state index in [-0.39, 0.29) is 12.4 Å². The third kappa shape index (κ3) is 2.99. The molecule has 0 atom stereocenters. The molecule has 0 unspecified atom stereocenters. The Morgan fingerprint density at radius 3 is 2.40 bits per heavy atom. The van der Waals surface area contributed by atoms with E-state index in [1.165, 1.54) is 0 Å². The van der Waals surface area contributed by atoms with Crippen LogP contribution in [0.3, 0.4) is 0 Å². The Kier molecular flexibility index (Phi) is 4.70. The monoisotopic (exact) mass is 355 g/mol. The number of rotatable bonds is 3. The minimum atomic E-state index is -0.440. The summed E-state index contributed by atoms with van der Waals surface area (Å²) in [6.45, 7) is 1.06. The van der Waals surface area contributed by atoms with E-state index < -0.39 is 5.54 Å². The zero-order chi connectivity index (χ0) is 13.3. The molecule has 1 aliphatic heterocycles. The number of ether oxygens (including phenoxy) is 2. The average molecular weight is 357 g/mol. The maximum absolute atomic E-state index is 6.31. The number of halogens is 2. The van der Waals surface area contributed by atoms with Crippen molar-refractivity contribution in [3.05, 3.63) is 58.6 Å². The lowest BCUT2D eigenvalue weighted by molar-refractivity contribution is -0.0576. The molecule has 2 aromatic rings. The molecule has 0 radical (unpaired) electrons. The van der Waals surface area contributed by atoms with Gasteiger partial charge in [-0.05, 0) is 24.3 Å². The highest BCUT2D eigenvalue weighted by Gasteiger charge is 2.38. The Morgan fingerprint density at radius 1 is 1.10 bits per heavy atom. The molecule has 3 rings (SSSR count). The van der Waals surface area contributed by atoms with Crippen molar-refractivity contribution in [3.63, 3.8) is 0 Å². The SMILES string of the molecule is Cl.NC1(c2ccc(Br)cc2Oc2ccccc2)COC1. The van der Waals surface area contributed by atoms with Crippen molar-refractivity contribution in [1.82, 2.24) is 0 Å². The molecule has 3 nitrogen and oxygen atoms in total. The largest absolute Gasteiger partial charge is 0.457 e. The van der Waals surface area contributed by atoms with Crippen LogP contribution < -0.4 is 10.5 Å². The summed E-state index contributed by atoms with van der Waals surface area (Å²) in [5.41, 5.74) is 6.85. The minimum absolute atomic E-state index is 0. The van der Waals surface area contributed by atoms with Gasteiger partial charge in [-0.1, -0.05) is 40.2 Å². The molecule has 0 spiro atoms. The lowest BCUT2D eigenvalue weighted by Crippen LogP contribution is -2.54. The van der Waals surface area contributed by atoms with Gasteiger partial charge in [0.05, 0.1) is 18.8 Å². The van der Waals surface area contributed by atoms with E-state index in [9.17, 15) is 0 Å². The summed E-state index contributed by atoms with van der Waals surface area (Å²) in [4.78, 5) is 0. The second kappa shape index (κ2) is 6.14. The smallest absolute Gasteiger partial charge is 0.133 e. The average Bonchev–Trinajstić information content (AvgIpc) is 2.37. The predicted molar refractivity (Wildman–Crippen MR) is 84.6 cm³/mol. The van der Waals surface area contributed by atoms with E-state index in [0.29, 0.717) is 13.2 Å². The summed E-state index contributed by atoms with van der Waals surface area (Å²) < 4.78 is 12.1. The van der Waals surface area contributed by atoms with Crippen molar-refractivity contribution < 1.29 is 9.47 Å². The minimum Gasteiger partial charge on any atom is -0.457 e. The predicted octanol–water partition coefficient (Wildman–Crippen LogP) is 3.85. The van der Waals surface area contributed by atoms with Crippen molar-refractivity contribution in [2.75, 3.05) is 13.2 Å². The van der Waals surface area contributed by atoms with Crippen LogP contribution in [0.5, 0.6) is 11.5 Å². The van der Waals surface area contributed by atoms with Crippen molar-refractivity contribution in [2.24, 2.45) is 5.73 Å². The molecule has 0 bridgehead atoms. The number of hydrogen-bond donors (Lipinski definition) is 1. The molecule has 0 aliphatic carbocycles. The maximum atomic E-state index is 6.31. The molecule has 20 heavy (non-hydrogen) atoms. The van der Waals surface area contributed by atoms with Crippen LogP contribution in [0, 0.1) is 0 Å². The normalized spacial score (nSPS) is 15.9. The molecule has 1 fully saturated rings. The van der Waals surface area contributed by atoms with E-state index >= 15 is 0 Å². The lowest BCUT2D eigenvalue weighted by Gasteiger charge is -2.39. The van der Waals surface area contributed by atoms with Gasteiger partial charge in [0.25, 0.3) is 0 Å². The van der Waals surface area contributed by atoms with Crippen LogP contribution in [-0.4, -0.2) is 13.2 Å². The molecule has 0 aromatic heterocycles. The zero-order valence-corrected chi connectivity index (χ0v) is 13.1. The van der Waals surface area contributed by atoms with Crippen molar-refractivity contribution in [2.45, 2.75) is 5.54 Å². The molecule has 1 aliphatic rings. The summed E-state index contributed by atoms with van der Waals surface area (Å²) in [6, 6.07) is 15.6. The molecule has 0 amide bonds. The van der Waals surface area contributed by atoms with Gasteiger partial charge in [0.1, 0.15) is 11.5 Å². The molecule has 2 aromatic carbocycles. The zero-order valence-electron chi connectivity index (χ0n) is 10.7.